The lowest BCUT2D eigenvalue weighted by atomic mass is 9.68. The lowest BCUT2D eigenvalue weighted by Gasteiger charge is -2.50. The van der Waals surface area contributed by atoms with Crippen LogP contribution in [0.1, 0.15) is 40.0 Å². The van der Waals surface area contributed by atoms with Gasteiger partial charge < -0.3 is 10.6 Å². The number of hydrogen-bond acceptors (Lipinski definition) is 3. The van der Waals surface area contributed by atoms with Gasteiger partial charge in [0, 0.05) is 31.2 Å². The zero-order valence-corrected chi connectivity index (χ0v) is 13.5. The Hall–Kier alpha value is -0.120. The van der Waals surface area contributed by atoms with E-state index in [1.807, 2.05) is 0 Å². The first-order valence-electron chi connectivity index (χ1n) is 8.02. The molecule has 2 aliphatic rings. The summed E-state index contributed by atoms with van der Waals surface area (Å²) in [4.78, 5) is 5.13. The van der Waals surface area contributed by atoms with Crippen molar-refractivity contribution in [3.63, 3.8) is 0 Å². The minimum Gasteiger partial charge on any atom is -0.329 e. The second kappa shape index (κ2) is 5.71. The number of rotatable bonds is 3. The molecule has 2 N–H and O–H groups in total. The number of nitrogens with two attached hydrogens (primary N) is 1. The molecular formula is C16H33N3. The lowest BCUT2D eigenvalue weighted by Crippen LogP contribution is -2.60. The van der Waals surface area contributed by atoms with Crippen molar-refractivity contribution < 1.29 is 0 Å². The van der Waals surface area contributed by atoms with Gasteiger partial charge in [-0.25, -0.2) is 0 Å². The molecule has 0 aromatic carbocycles. The zero-order valence-electron chi connectivity index (χ0n) is 13.5. The molecule has 1 saturated carbocycles. The Morgan fingerprint density at radius 3 is 2.37 bits per heavy atom. The largest absolute Gasteiger partial charge is 0.329 e. The summed E-state index contributed by atoms with van der Waals surface area (Å²) in [5, 5.41) is 0. The van der Waals surface area contributed by atoms with Gasteiger partial charge in [-0.05, 0) is 44.7 Å². The molecule has 1 aliphatic heterocycles. The molecule has 3 nitrogen and oxygen atoms in total. The Balaban J connectivity index is 2.18. The molecule has 0 radical (unpaired) electrons. The molecule has 112 valence electrons. The summed E-state index contributed by atoms with van der Waals surface area (Å²) in [5.74, 6) is 2.32. The van der Waals surface area contributed by atoms with Crippen LogP contribution in [0.3, 0.4) is 0 Å². The van der Waals surface area contributed by atoms with Crippen LogP contribution in [0.25, 0.3) is 0 Å². The summed E-state index contributed by atoms with van der Waals surface area (Å²) in [6.07, 6.45) is 4.01. The summed E-state index contributed by atoms with van der Waals surface area (Å²) >= 11 is 0. The van der Waals surface area contributed by atoms with Crippen molar-refractivity contribution in [2.75, 3.05) is 33.7 Å². The highest BCUT2D eigenvalue weighted by Crippen LogP contribution is 2.42. The standard InChI is InChI=1S/C16H33N3/c1-12-6-7-14(3)16(8-12,11-17)19-9-13(2)15(10-19)18(4)5/h12-15H,6-11,17H2,1-5H3. The second-order valence-electron chi connectivity index (χ2n) is 7.51. The van der Waals surface area contributed by atoms with Crippen LogP contribution < -0.4 is 5.73 Å². The molecule has 0 aromatic rings. The Kier molecular flexibility index (Phi) is 4.59. The Bertz CT molecular complexity index is 304. The van der Waals surface area contributed by atoms with Crippen LogP contribution in [0.4, 0.5) is 0 Å². The average Bonchev–Trinajstić information content (AvgIpc) is 2.75. The maximum absolute atomic E-state index is 6.28. The fourth-order valence-electron chi connectivity index (χ4n) is 4.55. The van der Waals surface area contributed by atoms with E-state index in [9.17, 15) is 0 Å². The smallest absolute Gasteiger partial charge is 0.0360 e. The SMILES string of the molecule is CC1CCC(C)C(CN)(N2CC(C)C(N(C)C)C2)C1. The van der Waals surface area contributed by atoms with E-state index in [4.69, 9.17) is 5.73 Å². The molecule has 0 aromatic heterocycles. The highest BCUT2D eigenvalue weighted by atomic mass is 15.3. The molecule has 1 aliphatic carbocycles. The van der Waals surface area contributed by atoms with E-state index in [-0.39, 0.29) is 5.54 Å². The third kappa shape index (κ3) is 2.70. The monoisotopic (exact) mass is 267 g/mol. The van der Waals surface area contributed by atoms with E-state index in [2.05, 4.69) is 44.7 Å². The van der Waals surface area contributed by atoms with Gasteiger partial charge in [0.05, 0.1) is 0 Å². The predicted octanol–water partition coefficient (Wildman–Crippen LogP) is 2.02. The third-order valence-electron chi connectivity index (χ3n) is 5.93. The molecule has 0 amide bonds. The summed E-state index contributed by atoms with van der Waals surface area (Å²) in [6.45, 7) is 10.5. The van der Waals surface area contributed by atoms with Crippen LogP contribution in [0, 0.1) is 17.8 Å². The van der Waals surface area contributed by atoms with E-state index in [1.54, 1.807) is 0 Å². The molecule has 5 unspecified atom stereocenters. The lowest BCUT2D eigenvalue weighted by molar-refractivity contribution is 0.00790. The van der Waals surface area contributed by atoms with Crippen LogP contribution >= 0.6 is 0 Å². The molecule has 0 bridgehead atoms. The molecule has 3 heteroatoms. The first-order chi connectivity index (χ1) is 8.90. The Labute approximate surface area is 119 Å². The van der Waals surface area contributed by atoms with Crippen LogP contribution in [0.15, 0.2) is 0 Å². The van der Waals surface area contributed by atoms with Crippen LogP contribution in [-0.2, 0) is 0 Å². The Morgan fingerprint density at radius 1 is 1.16 bits per heavy atom. The molecule has 1 saturated heterocycles. The van der Waals surface area contributed by atoms with Gasteiger partial charge in [-0.1, -0.05) is 27.2 Å². The van der Waals surface area contributed by atoms with Crippen molar-refractivity contribution in [1.29, 1.82) is 0 Å². The van der Waals surface area contributed by atoms with Gasteiger partial charge in [0.15, 0.2) is 0 Å². The fourth-order valence-corrected chi connectivity index (χ4v) is 4.55. The highest BCUT2D eigenvalue weighted by Gasteiger charge is 2.48. The van der Waals surface area contributed by atoms with E-state index in [0.29, 0.717) is 6.04 Å². The Morgan fingerprint density at radius 2 is 1.84 bits per heavy atom. The average molecular weight is 267 g/mol. The highest BCUT2D eigenvalue weighted by molar-refractivity contribution is 5.04. The van der Waals surface area contributed by atoms with Gasteiger partial charge in [-0.15, -0.1) is 0 Å². The summed E-state index contributed by atoms with van der Waals surface area (Å²) in [7, 11) is 4.43. The van der Waals surface area contributed by atoms with Crippen LogP contribution in [-0.4, -0.2) is 55.1 Å². The topological polar surface area (TPSA) is 32.5 Å². The first-order valence-corrected chi connectivity index (χ1v) is 8.02. The normalized spacial score (nSPS) is 45.0. The molecule has 2 rings (SSSR count). The van der Waals surface area contributed by atoms with Gasteiger partial charge in [-0.2, -0.15) is 0 Å². The van der Waals surface area contributed by atoms with Gasteiger partial charge in [-0.3, -0.25) is 4.90 Å². The number of likely N-dealkylation sites (N-methyl/N-ethyl adjacent to an activating group) is 1. The third-order valence-corrected chi connectivity index (χ3v) is 5.93. The maximum Gasteiger partial charge on any atom is 0.0360 e. The van der Waals surface area contributed by atoms with Gasteiger partial charge in [0.1, 0.15) is 0 Å². The first kappa shape index (κ1) is 15.3. The molecular weight excluding hydrogens is 234 g/mol. The van der Waals surface area contributed by atoms with E-state index in [1.165, 1.54) is 32.4 Å². The quantitative estimate of drug-likeness (QED) is 0.849. The summed E-state index contributed by atoms with van der Waals surface area (Å²) in [6, 6.07) is 0.688. The molecule has 19 heavy (non-hydrogen) atoms. The van der Waals surface area contributed by atoms with Gasteiger partial charge >= 0.3 is 0 Å². The number of nitrogens with zero attached hydrogens (tertiary/aromatic N) is 2. The van der Waals surface area contributed by atoms with Gasteiger partial charge in [0.2, 0.25) is 0 Å². The number of likely N-dealkylation sites (tertiary alicyclic amines) is 1. The van der Waals surface area contributed by atoms with Crippen molar-refractivity contribution in [2.24, 2.45) is 23.5 Å². The van der Waals surface area contributed by atoms with E-state index in [0.717, 1.165) is 24.3 Å². The molecule has 0 spiro atoms. The van der Waals surface area contributed by atoms with Crippen LogP contribution in [0.5, 0.6) is 0 Å². The molecule has 5 atom stereocenters. The van der Waals surface area contributed by atoms with Crippen molar-refractivity contribution >= 4 is 0 Å². The minimum absolute atomic E-state index is 0.261. The minimum atomic E-state index is 0.261. The van der Waals surface area contributed by atoms with E-state index >= 15 is 0 Å². The van der Waals surface area contributed by atoms with Crippen molar-refractivity contribution in [3.05, 3.63) is 0 Å². The van der Waals surface area contributed by atoms with E-state index < -0.39 is 0 Å². The van der Waals surface area contributed by atoms with Gasteiger partial charge in [0.25, 0.3) is 0 Å². The van der Waals surface area contributed by atoms with Crippen molar-refractivity contribution in [3.8, 4) is 0 Å². The summed E-state index contributed by atoms with van der Waals surface area (Å²) in [5.41, 5.74) is 6.54. The van der Waals surface area contributed by atoms with Crippen molar-refractivity contribution in [2.45, 2.75) is 51.6 Å². The second-order valence-corrected chi connectivity index (χ2v) is 7.51. The molecule has 2 fully saturated rings. The van der Waals surface area contributed by atoms with Crippen LogP contribution in [0.2, 0.25) is 0 Å². The summed E-state index contributed by atoms with van der Waals surface area (Å²) < 4.78 is 0. The maximum atomic E-state index is 6.28. The molecule has 1 heterocycles. The van der Waals surface area contributed by atoms with Crippen molar-refractivity contribution in [1.82, 2.24) is 9.80 Å². The fraction of sp³-hybridized carbons (Fsp3) is 1.00. The predicted molar refractivity (Wildman–Crippen MR) is 82.2 cm³/mol. The number of hydrogen-bond donors (Lipinski definition) is 1. The zero-order chi connectivity index (χ0) is 14.2.